The van der Waals surface area contributed by atoms with Crippen LogP contribution >= 0.6 is 0 Å². The Labute approximate surface area is 135 Å². The number of methoxy groups -OCH3 is 3. The van der Waals surface area contributed by atoms with Crippen LogP contribution in [0.5, 0.6) is 0 Å². The molecular weight excluding hydrogens is 292 g/mol. The second-order valence-electron chi connectivity index (χ2n) is 4.01. The Kier molecular flexibility index (Phi) is 28.0. The van der Waals surface area contributed by atoms with Gasteiger partial charge in [0.15, 0.2) is 0 Å². The monoisotopic (exact) mass is 326 g/mol. The van der Waals surface area contributed by atoms with E-state index in [1.54, 1.807) is 21.3 Å². The Balaban J connectivity index is 0. The van der Waals surface area contributed by atoms with E-state index in [0.717, 1.165) is 6.61 Å². The summed E-state index contributed by atoms with van der Waals surface area (Å²) >= 11 is 0. The van der Waals surface area contributed by atoms with Crippen molar-refractivity contribution in [1.82, 2.24) is 0 Å². The van der Waals surface area contributed by atoms with E-state index >= 15 is 0 Å². The zero-order valence-electron chi connectivity index (χ0n) is 14.6. The van der Waals surface area contributed by atoms with Gasteiger partial charge in [-0.1, -0.05) is 0 Å². The Bertz CT molecular complexity index is 152. The highest BCUT2D eigenvalue weighted by Gasteiger charge is 1.89. The van der Waals surface area contributed by atoms with Gasteiger partial charge >= 0.3 is 0 Å². The SMILES string of the molecule is CCOCCOCCOC.COCCOCCOCCOC. The Hall–Kier alpha value is -0.280. The molecule has 0 radical (unpaired) electrons. The van der Waals surface area contributed by atoms with E-state index in [9.17, 15) is 0 Å². The summed E-state index contributed by atoms with van der Waals surface area (Å²) in [5, 5.41) is 0. The quantitative estimate of drug-likeness (QED) is 0.392. The van der Waals surface area contributed by atoms with Crippen LogP contribution in [0.1, 0.15) is 6.92 Å². The second kappa shape index (κ2) is 25.7. The van der Waals surface area contributed by atoms with Crippen molar-refractivity contribution in [2.45, 2.75) is 6.92 Å². The molecule has 0 aromatic heterocycles. The highest BCUT2D eigenvalue weighted by molar-refractivity contribution is 4.32. The molecule has 7 heteroatoms. The van der Waals surface area contributed by atoms with Crippen LogP contribution in [-0.2, 0) is 33.2 Å². The average Bonchev–Trinajstić information content (AvgIpc) is 2.54. The first kappa shape index (κ1) is 24.0. The van der Waals surface area contributed by atoms with E-state index in [1.807, 2.05) is 6.92 Å². The van der Waals surface area contributed by atoms with Crippen molar-refractivity contribution >= 4 is 0 Å². The van der Waals surface area contributed by atoms with Crippen LogP contribution in [0.4, 0.5) is 0 Å². The lowest BCUT2D eigenvalue weighted by molar-refractivity contribution is 0.0106. The third kappa shape index (κ3) is 28.0. The van der Waals surface area contributed by atoms with E-state index in [0.29, 0.717) is 66.1 Å². The standard InChI is InChI=1S/C8H18O4.C7H16O3/c1-9-3-5-11-7-8-12-6-4-10-2;1-3-9-6-7-10-5-4-8-2/h3-8H2,1-2H3;3-7H2,1-2H3. The van der Waals surface area contributed by atoms with Crippen LogP contribution in [0.3, 0.4) is 0 Å². The van der Waals surface area contributed by atoms with Crippen molar-refractivity contribution in [1.29, 1.82) is 0 Å². The smallest absolute Gasteiger partial charge is 0.0701 e. The predicted octanol–water partition coefficient (Wildman–Crippen LogP) is 0.998. The van der Waals surface area contributed by atoms with Gasteiger partial charge in [0.2, 0.25) is 0 Å². The fourth-order valence-corrected chi connectivity index (χ4v) is 1.11. The zero-order valence-corrected chi connectivity index (χ0v) is 14.6. The molecule has 0 aliphatic heterocycles. The van der Waals surface area contributed by atoms with Gasteiger partial charge in [0, 0.05) is 27.9 Å². The van der Waals surface area contributed by atoms with Crippen LogP contribution in [0.25, 0.3) is 0 Å². The highest BCUT2D eigenvalue weighted by Crippen LogP contribution is 1.80. The number of hydrogen-bond donors (Lipinski definition) is 0. The van der Waals surface area contributed by atoms with E-state index in [-0.39, 0.29) is 0 Å². The average molecular weight is 326 g/mol. The molecule has 0 saturated heterocycles. The van der Waals surface area contributed by atoms with Gasteiger partial charge in [-0.15, -0.1) is 0 Å². The maximum absolute atomic E-state index is 5.16. The van der Waals surface area contributed by atoms with Gasteiger partial charge < -0.3 is 33.2 Å². The van der Waals surface area contributed by atoms with Crippen LogP contribution in [0.2, 0.25) is 0 Å². The maximum atomic E-state index is 5.16. The zero-order chi connectivity index (χ0) is 16.7. The summed E-state index contributed by atoms with van der Waals surface area (Å²) in [5.41, 5.74) is 0. The Morgan fingerprint density at radius 1 is 0.409 bits per heavy atom. The summed E-state index contributed by atoms with van der Waals surface area (Å²) in [6, 6.07) is 0. The van der Waals surface area contributed by atoms with E-state index in [1.165, 1.54) is 0 Å². The molecule has 0 rings (SSSR count). The highest BCUT2D eigenvalue weighted by atomic mass is 16.6. The molecule has 0 saturated carbocycles. The molecule has 0 aromatic carbocycles. The minimum atomic E-state index is 0.618. The molecule has 136 valence electrons. The first-order valence-electron chi connectivity index (χ1n) is 7.61. The molecule has 0 aromatic rings. The van der Waals surface area contributed by atoms with E-state index < -0.39 is 0 Å². The van der Waals surface area contributed by atoms with Crippen molar-refractivity contribution in [2.24, 2.45) is 0 Å². The van der Waals surface area contributed by atoms with Gasteiger partial charge in [-0.05, 0) is 6.92 Å². The van der Waals surface area contributed by atoms with Gasteiger partial charge in [-0.3, -0.25) is 0 Å². The Morgan fingerprint density at radius 3 is 0.955 bits per heavy atom. The lowest BCUT2D eigenvalue weighted by atomic mass is 10.7. The van der Waals surface area contributed by atoms with Crippen molar-refractivity contribution in [3.8, 4) is 0 Å². The molecule has 7 nitrogen and oxygen atoms in total. The van der Waals surface area contributed by atoms with E-state index in [2.05, 4.69) is 0 Å². The van der Waals surface area contributed by atoms with Crippen LogP contribution in [-0.4, -0.2) is 94.0 Å². The molecular formula is C15H34O7. The number of hydrogen-bond acceptors (Lipinski definition) is 7. The van der Waals surface area contributed by atoms with Gasteiger partial charge in [0.25, 0.3) is 0 Å². The third-order valence-corrected chi connectivity index (χ3v) is 2.24. The number of ether oxygens (including phenoxy) is 7. The molecule has 0 atom stereocenters. The van der Waals surface area contributed by atoms with Gasteiger partial charge in [0.05, 0.1) is 66.1 Å². The summed E-state index contributed by atoms with van der Waals surface area (Å²) < 4.78 is 34.9. The van der Waals surface area contributed by atoms with Gasteiger partial charge in [0.1, 0.15) is 0 Å². The molecule has 0 fully saturated rings. The normalized spacial score (nSPS) is 10.4. The van der Waals surface area contributed by atoms with Crippen molar-refractivity contribution in [3.05, 3.63) is 0 Å². The Morgan fingerprint density at radius 2 is 0.682 bits per heavy atom. The summed E-state index contributed by atoms with van der Waals surface area (Å²) in [6.07, 6.45) is 0. The molecule has 0 unspecified atom stereocenters. The topological polar surface area (TPSA) is 64.6 Å². The summed E-state index contributed by atoms with van der Waals surface area (Å²) in [4.78, 5) is 0. The summed E-state index contributed by atoms with van der Waals surface area (Å²) in [7, 11) is 4.96. The van der Waals surface area contributed by atoms with Crippen LogP contribution < -0.4 is 0 Å². The summed E-state index contributed by atoms with van der Waals surface area (Å²) in [6.45, 7) is 9.15. The van der Waals surface area contributed by atoms with Crippen LogP contribution in [0.15, 0.2) is 0 Å². The largest absolute Gasteiger partial charge is 0.382 e. The first-order valence-corrected chi connectivity index (χ1v) is 7.61. The lowest BCUT2D eigenvalue weighted by Gasteiger charge is -2.04. The fraction of sp³-hybridized carbons (Fsp3) is 1.00. The lowest BCUT2D eigenvalue weighted by Crippen LogP contribution is -2.10. The molecule has 0 heterocycles. The van der Waals surface area contributed by atoms with Gasteiger partial charge in [-0.25, -0.2) is 0 Å². The third-order valence-electron chi connectivity index (χ3n) is 2.24. The predicted molar refractivity (Wildman–Crippen MR) is 84.6 cm³/mol. The molecule has 0 amide bonds. The molecule has 0 N–H and O–H groups in total. The first-order chi connectivity index (χ1) is 10.8. The number of rotatable bonds is 16. The van der Waals surface area contributed by atoms with Crippen molar-refractivity contribution in [3.63, 3.8) is 0 Å². The fourth-order valence-electron chi connectivity index (χ4n) is 1.11. The van der Waals surface area contributed by atoms with Gasteiger partial charge in [-0.2, -0.15) is 0 Å². The molecule has 0 bridgehead atoms. The second-order valence-corrected chi connectivity index (χ2v) is 4.01. The minimum Gasteiger partial charge on any atom is -0.382 e. The van der Waals surface area contributed by atoms with Crippen molar-refractivity contribution in [2.75, 3.05) is 94.0 Å². The molecule has 0 aliphatic carbocycles. The van der Waals surface area contributed by atoms with Crippen LogP contribution in [0, 0.1) is 0 Å². The maximum Gasteiger partial charge on any atom is 0.0701 e. The molecule has 0 aliphatic rings. The summed E-state index contributed by atoms with van der Waals surface area (Å²) in [5.74, 6) is 0. The van der Waals surface area contributed by atoms with Crippen molar-refractivity contribution < 1.29 is 33.2 Å². The molecule has 0 spiro atoms. The van der Waals surface area contributed by atoms with E-state index in [4.69, 9.17) is 33.2 Å². The minimum absolute atomic E-state index is 0.618. The molecule has 22 heavy (non-hydrogen) atoms.